The zero-order chi connectivity index (χ0) is 17.1. The summed E-state index contributed by atoms with van der Waals surface area (Å²) in [6.07, 6.45) is 2.27. The van der Waals surface area contributed by atoms with E-state index in [0.717, 1.165) is 24.0 Å². The number of aromatic nitrogens is 2. The van der Waals surface area contributed by atoms with Gasteiger partial charge in [0, 0.05) is 0 Å². The van der Waals surface area contributed by atoms with Gasteiger partial charge in [-0.3, -0.25) is 0 Å². The van der Waals surface area contributed by atoms with Gasteiger partial charge in [0.1, 0.15) is 11.9 Å². The van der Waals surface area contributed by atoms with E-state index in [2.05, 4.69) is 20.8 Å². The van der Waals surface area contributed by atoms with Gasteiger partial charge in [-0.25, -0.2) is 9.02 Å². The van der Waals surface area contributed by atoms with Crippen LogP contribution in [0, 0.1) is 5.82 Å². The van der Waals surface area contributed by atoms with Crippen molar-refractivity contribution in [2.45, 2.75) is 45.3 Å². The monoisotopic (exact) mass is 334 g/mol. The van der Waals surface area contributed by atoms with E-state index in [1.807, 2.05) is 13.8 Å². The molecule has 24 heavy (non-hydrogen) atoms. The normalized spacial score (nSPS) is 16.7. The van der Waals surface area contributed by atoms with E-state index >= 15 is 0 Å². The van der Waals surface area contributed by atoms with E-state index in [-0.39, 0.29) is 35.4 Å². The van der Waals surface area contributed by atoms with E-state index in [1.165, 1.54) is 12.1 Å². The van der Waals surface area contributed by atoms with E-state index in [4.69, 9.17) is 9.37 Å². The lowest BCUT2D eigenvalue weighted by molar-refractivity contribution is 0.171. The maximum absolute atomic E-state index is 13.4. The lowest BCUT2D eigenvalue weighted by atomic mass is 9.83. The Morgan fingerprint density at radius 2 is 2.25 bits per heavy atom. The Morgan fingerprint density at radius 3 is 2.96 bits per heavy atom. The Bertz CT molecular complexity index is 743. The molecule has 0 saturated heterocycles. The third-order valence-corrected chi connectivity index (χ3v) is 4.19. The van der Waals surface area contributed by atoms with Crippen LogP contribution in [0.25, 0.3) is 0 Å². The van der Waals surface area contributed by atoms with Gasteiger partial charge in [-0.1, -0.05) is 25.1 Å². The molecule has 0 amide bonds. The third-order valence-electron chi connectivity index (χ3n) is 4.19. The minimum Gasteiger partial charge on any atom is -0.471 e. The number of halogens is 1. The van der Waals surface area contributed by atoms with Gasteiger partial charge in [0.2, 0.25) is 11.5 Å². The molecule has 0 spiro atoms. The van der Waals surface area contributed by atoms with Gasteiger partial charge in [0.15, 0.2) is 0 Å². The van der Waals surface area contributed by atoms with Crippen LogP contribution in [-0.4, -0.2) is 27.5 Å². The summed E-state index contributed by atoms with van der Waals surface area (Å²) in [5.41, 5.74) is 2.07. The summed E-state index contributed by atoms with van der Waals surface area (Å²) in [6, 6.07) is 4.48. The molecule has 1 aromatic heterocycles. The number of hydrogen-bond acceptors (Lipinski definition) is 6. The number of oxime groups is 1. The maximum atomic E-state index is 13.4. The molecule has 0 bridgehead atoms. The minimum absolute atomic E-state index is 0.0332. The fraction of sp³-hybridized carbons (Fsp3) is 0.438. The highest BCUT2D eigenvalue weighted by Crippen LogP contribution is 2.34. The van der Waals surface area contributed by atoms with Crippen molar-refractivity contribution < 1.29 is 19.0 Å². The summed E-state index contributed by atoms with van der Waals surface area (Å²) < 4.78 is 23.8. The van der Waals surface area contributed by atoms with Crippen molar-refractivity contribution in [3.63, 3.8) is 0 Å². The van der Waals surface area contributed by atoms with Crippen molar-refractivity contribution in [1.82, 2.24) is 15.6 Å². The van der Waals surface area contributed by atoms with Crippen molar-refractivity contribution in [1.29, 1.82) is 0 Å². The number of fused-ring (bicyclic) bond motifs is 1. The molecule has 1 heterocycles. The molecule has 1 aliphatic carbocycles. The summed E-state index contributed by atoms with van der Waals surface area (Å²) in [4.78, 5) is 0. The first-order valence-electron chi connectivity index (χ1n) is 7.92. The molecule has 128 valence electrons. The SMILES string of the molecule is CCC(CC)Oc1nonc1/C(=N/O)N[C@H]1Cc2ccc(F)cc21. The van der Waals surface area contributed by atoms with Crippen LogP contribution in [0.1, 0.15) is 49.6 Å². The minimum atomic E-state index is -0.302. The van der Waals surface area contributed by atoms with E-state index in [1.54, 1.807) is 6.07 Å². The Labute approximate surface area is 138 Å². The Hall–Kier alpha value is -2.64. The van der Waals surface area contributed by atoms with E-state index in [0.29, 0.717) is 6.42 Å². The predicted octanol–water partition coefficient (Wildman–Crippen LogP) is 2.80. The fourth-order valence-corrected chi connectivity index (χ4v) is 2.73. The van der Waals surface area contributed by atoms with Gasteiger partial charge >= 0.3 is 0 Å². The molecular weight excluding hydrogens is 315 g/mol. The lowest BCUT2D eigenvalue weighted by Gasteiger charge is -2.31. The number of hydrogen-bond donors (Lipinski definition) is 2. The highest BCUT2D eigenvalue weighted by Gasteiger charge is 2.30. The molecule has 1 aromatic carbocycles. The summed E-state index contributed by atoms with van der Waals surface area (Å²) in [5.74, 6) is -0.0523. The number of benzene rings is 1. The molecular formula is C16H19FN4O3. The van der Waals surface area contributed by atoms with Crippen LogP contribution in [0.15, 0.2) is 28.0 Å². The van der Waals surface area contributed by atoms with Gasteiger partial charge in [-0.15, -0.1) is 0 Å². The van der Waals surface area contributed by atoms with Crippen LogP contribution in [0.5, 0.6) is 5.88 Å². The molecule has 3 rings (SSSR count). The smallest absolute Gasteiger partial charge is 0.287 e. The average molecular weight is 334 g/mol. The highest BCUT2D eigenvalue weighted by molar-refractivity contribution is 5.98. The molecule has 1 aliphatic rings. The molecule has 7 nitrogen and oxygen atoms in total. The van der Waals surface area contributed by atoms with Gasteiger partial charge in [0.05, 0.1) is 6.04 Å². The number of nitrogens with one attached hydrogen (secondary N) is 1. The number of rotatable bonds is 6. The molecule has 2 N–H and O–H groups in total. The second-order valence-electron chi connectivity index (χ2n) is 5.67. The van der Waals surface area contributed by atoms with Crippen molar-refractivity contribution in [3.05, 3.63) is 40.8 Å². The van der Waals surface area contributed by atoms with Gasteiger partial charge < -0.3 is 15.3 Å². The molecule has 0 unspecified atom stereocenters. The Morgan fingerprint density at radius 1 is 1.46 bits per heavy atom. The van der Waals surface area contributed by atoms with E-state index in [9.17, 15) is 9.60 Å². The first kappa shape index (κ1) is 16.2. The van der Waals surface area contributed by atoms with Crippen LogP contribution < -0.4 is 10.1 Å². The zero-order valence-corrected chi connectivity index (χ0v) is 13.5. The lowest BCUT2D eigenvalue weighted by Crippen LogP contribution is -2.37. The second-order valence-corrected chi connectivity index (χ2v) is 5.67. The molecule has 0 aliphatic heterocycles. The predicted molar refractivity (Wildman–Crippen MR) is 83.6 cm³/mol. The standard InChI is InChI=1S/C16H19FN4O3/c1-3-11(4-2)23-16-14(20-24-21-16)15(19-22)18-13-7-9-5-6-10(17)8-12(9)13/h5-6,8,11,13,22H,3-4,7H2,1-2H3,(H,18,19)/t13-/m0/s1. The molecule has 8 heteroatoms. The van der Waals surface area contributed by atoms with Crippen molar-refractivity contribution in [2.75, 3.05) is 0 Å². The Balaban J connectivity index is 1.76. The van der Waals surface area contributed by atoms with Crippen molar-refractivity contribution >= 4 is 5.84 Å². The van der Waals surface area contributed by atoms with Crippen LogP contribution in [0.2, 0.25) is 0 Å². The van der Waals surface area contributed by atoms with E-state index < -0.39 is 0 Å². The van der Waals surface area contributed by atoms with Crippen LogP contribution in [0.3, 0.4) is 0 Å². The number of amidine groups is 1. The third kappa shape index (κ3) is 3.04. The number of nitrogens with zero attached hydrogens (tertiary/aromatic N) is 3. The summed E-state index contributed by atoms with van der Waals surface area (Å²) in [6.45, 7) is 4.00. The van der Waals surface area contributed by atoms with Gasteiger partial charge in [-0.05, 0) is 52.8 Å². The summed E-state index contributed by atoms with van der Waals surface area (Å²) >= 11 is 0. The molecule has 0 saturated carbocycles. The van der Waals surface area contributed by atoms with Crippen molar-refractivity contribution in [3.8, 4) is 5.88 Å². The quantitative estimate of drug-likeness (QED) is 0.365. The fourth-order valence-electron chi connectivity index (χ4n) is 2.73. The van der Waals surface area contributed by atoms with Gasteiger partial charge in [-0.2, -0.15) is 0 Å². The molecule has 0 fully saturated rings. The topological polar surface area (TPSA) is 92.8 Å². The Kier molecular flexibility index (Phi) is 4.64. The average Bonchev–Trinajstić information content (AvgIpc) is 3.03. The summed E-state index contributed by atoms with van der Waals surface area (Å²) in [7, 11) is 0. The van der Waals surface area contributed by atoms with Crippen LogP contribution in [0.4, 0.5) is 4.39 Å². The van der Waals surface area contributed by atoms with Crippen LogP contribution in [-0.2, 0) is 6.42 Å². The number of ether oxygens (including phenoxy) is 1. The molecule has 1 atom stereocenters. The van der Waals surface area contributed by atoms with Crippen LogP contribution >= 0.6 is 0 Å². The molecule has 0 radical (unpaired) electrons. The molecule has 2 aromatic rings. The maximum Gasteiger partial charge on any atom is 0.287 e. The summed E-state index contributed by atoms with van der Waals surface area (Å²) in [5, 5.41) is 23.1. The second kappa shape index (κ2) is 6.86. The highest BCUT2D eigenvalue weighted by atomic mass is 19.1. The zero-order valence-electron chi connectivity index (χ0n) is 13.5. The first-order chi connectivity index (χ1) is 11.7. The largest absolute Gasteiger partial charge is 0.471 e. The van der Waals surface area contributed by atoms with Crippen molar-refractivity contribution in [2.24, 2.45) is 5.16 Å². The first-order valence-corrected chi connectivity index (χ1v) is 7.92. The van der Waals surface area contributed by atoms with Gasteiger partial charge in [0.25, 0.3) is 5.88 Å².